The summed E-state index contributed by atoms with van der Waals surface area (Å²) in [5, 5.41) is 12.1. The van der Waals surface area contributed by atoms with E-state index in [4.69, 9.17) is 14.2 Å². The molecule has 1 heterocycles. The van der Waals surface area contributed by atoms with Crippen molar-refractivity contribution in [2.24, 2.45) is 5.92 Å². The zero-order valence-electron chi connectivity index (χ0n) is 20.6. The average Bonchev–Trinajstić information content (AvgIpc) is 2.83. The van der Waals surface area contributed by atoms with Crippen LogP contribution in [0.1, 0.15) is 44.7 Å². The van der Waals surface area contributed by atoms with Crippen LogP contribution in [-0.2, 0) is 15.1 Å². The maximum atomic E-state index is 13.7. The van der Waals surface area contributed by atoms with Crippen LogP contribution >= 0.6 is 0 Å². The largest absolute Gasteiger partial charge is 0.491 e. The van der Waals surface area contributed by atoms with Gasteiger partial charge in [-0.15, -0.1) is 0 Å². The second kappa shape index (κ2) is 11.8. The lowest BCUT2D eigenvalue weighted by Crippen LogP contribution is -2.47. The normalized spacial score (nSPS) is 16.6. The molecule has 1 aliphatic heterocycles. The van der Waals surface area contributed by atoms with E-state index in [1.165, 1.54) is 12.1 Å². The minimum atomic E-state index is -1.38. The first-order valence-electron chi connectivity index (χ1n) is 12.0. The van der Waals surface area contributed by atoms with Gasteiger partial charge in [0.1, 0.15) is 36.1 Å². The third kappa shape index (κ3) is 7.15. The Kier molecular flexibility index (Phi) is 9.08. The van der Waals surface area contributed by atoms with Crippen LogP contribution in [0.2, 0.25) is 0 Å². The van der Waals surface area contributed by atoms with Gasteiger partial charge in [-0.1, -0.05) is 24.3 Å². The number of benzene rings is 2. The van der Waals surface area contributed by atoms with Gasteiger partial charge in [0, 0.05) is 13.1 Å². The second-order valence-corrected chi connectivity index (χ2v) is 9.69. The minimum absolute atomic E-state index is 0.0414. The van der Waals surface area contributed by atoms with E-state index < -0.39 is 17.9 Å². The summed E-state index contributed by atoms with van der Waals surface area (Å²) < 4.78 is 42.0. The third-order valence-electron chi connectivity index (χ3n) is 6.03. The Hall–Kier alpha value is -2.71. The van der Waals surface area contributed by atoms with E-state index in [-0.39, 0.29) is 37.6 Å². The Balaban J connectivity index is 1.76. The molecule has 1 saturated heterocycles. The Morgan fingerprint density at radius 1 is 0.971 bits per heavy atom. The maximum absolute atomic E-state index is 13.7. The molecule has 1 fully saturated rings. The zero-order chi connectivity index (χ0) is 25.5. The molecule has 0 bridgehead atoms. The number of piperidine rings is 1. The first kappa shape index (κ1) is 26.9. The van der Waals surface area contributed by atoms with Crippen molar-refractivity contribution in [3.63, 3.8) is 0 Å². The highest BCUT2D eigenvalue weighted by molar-refractivity contribution is 5.68. The summed E-state index contributed by atoms with van der Waals surface area (Å²) >= 11 is 0. The summed E-state index contributed by atoms with van der Waals surface area (Å²) in [6.07, 6.45) is 0.743. The number of carbonyl (C=O) groups excluding carboxylic acids is 1. The number of alkyl halides is 1. The van der Waals surface area contributed by atoms with Gasteiger partial charge in [0.05, 0.1) is 13.2 Å². The molecule has 1 N–H and O–H groups in total. The third-order valence-corrected chi connectivity index (χ3v) is 6.03. The Morgan fingerprint density at radius 2 is 1.54 bits per heavy atom. The van der Waals surface area contributed by atoms with Gasteiger partial charge in [0.15, 0.2) is 0 Å². The van der Waals surface area contributed by atoms with Gasteiger partial charge in [-0.3, -0.25) is 0 Å². The fourth-order valence-electron chi connectivity index (χ4n) is 4.33. The van der Waals surface area contributed by atoms with Gasteiger partial charge in [0.25, 0.3) is 0 Å². The molecule has 0 radical (unpaired) electrons. The number of amides is 1. The van der Waals surface area contributed by atoms with Crippen LogP contribution in [0.4, 0.5) is 13.6 Å². The number of carbonyl (C=O) groups is 1. The van der Waals surface area contributed by atoms with E-state index in [1.807, 2.05) is 20.8 Å². The lowest BCUT2D eigenvalue weighted by Gasteiger charge is -2.42. The predicted octanol–water partition coefficient (Wildman–Crippen LogP) is 5.07. The van der Waals surface area contributed by atoms with E-state index >= 15 is 0 Å². The minimum Gasteiger partial charge on any atom is -0.491 e. The molecule has 192 valence electrons. The molecule has 2 aromatic rings. The highest BCUT2D eigenvalue weighted by Crippen LogP contribution is 2.42. The van der Waals surface area contributed by atoms with E-state index in [9.17, 15) is 18.7 Å². The van der Waals surface area contributed by atoms with Crippen molar-refractivity contribution in [3.05, 3.63) is 65.5 Å². The molecule has 1 atom stereocenters. The number of aliphatic hydroxyl groups is 1. The molecule has 8 heteroatoms. The van der Waals surface area contributed by atoms with Gasteiger partial charge in [-0.05, 0) is 74.9 Å². The summed E-state index contributed by atoms with van der Waals surface area (Å²) in [5.41, 5.74) is -0.716. The molecule has 3 rings (SSSR count). The summed E-state index contributed by atoms with van der Waals surface area (Å²) in [6, 6.07) is 13.0. The summed E-state index contributed by atoms with van der Waals surface area (Å²) in [5.74, 6) is 0.0147. The van der Waals surface area contributed by atoms with Crippen molar-refractivity contribution in [2.45, 2.75) is 44.8 Å². The van der Waals surface area contributed by atoms with Gasteiger partial charge in [-0.2, -0.15) is 0 Å². The van der Waals surface area contributed by atoms with Crippen molar-refractivity contribution < 1.29 is 32.9 Å². The quantitative estimate of drug-likeness (QED) is 0.496. The van der Waals surface area contributed by atoms with Crippen molar-refractivity contribution in [1.29, 1.82) is 0 Å². The molecule has 6 nitrogen and oxygen atoms in total. The van der Waals surface area contributed by atoms with Crippen LogP contribution in [0.3, 0.4) is 0 Å². The number of hydrogen-bond donors (Lipinski definition) is 1. The molecule has 1 aliphatic rings. The van der Waals surface area contributed by atoms with E-state index in [2.05, 4.69) is 0 Å². The van der Waals surface area contributed by atoms with Gasteiger partial charge in [-0.25, -0.2) is 13.6 Å². The number of nitrogens with zero attached hydrogens (tertiary/aromatic N) is 1. The molecule has 1 amide bonds. The van der Waals surface area contributed by atoms with Crippen LogP contribution in [-0.4, -0.2) is 61.3 Å². The number of hydrogen-bond acceptors (Lipinski definition) is 5. The predicted molar refractivity (Wildman–Crippen MR) is 129 cm³/mol. The number of halogens is 2. The molecule has 35 heavy (non-hydrogen) atoms. The SMILES string of the molecule is CC(C)(C)OC(=O)N1CCC(C(O)(c2ccc(F)cc2)c2ccc(OCCOCCF)cc2)CC1. The monoisotopic (exact) mass is 491 g/mol. The van der Waals surface area contributed by atoms with Crippen LogP contribution in [0, 0.1) is 11.7 Å². The van der Waals surface area contributed by atoms with E-state index in [1.54, 1.807) is 41.3 Å². The summed E-state index contributed by atoms with van der Waals surface area (Å²) in [4.78, 5) is 14.1. The van der Waals surface area contributed by atoms with Crippen molar-refractivity contribution in [2.75, 3.05) is 39.6 Å². The van der Waals surface area contributed by atoms with Crippen LogP contribution < -0.4 is 4.74 Å². The topological polar surface area (TPSA) is 68.2 Å². The Morgan fingerprint density at radius 3 is 2.09 bits per heavy atom. The Labute approximate surface area is 205 Å². The molecular weight excluding hydrogens is 456 g/mol. The fourth-order valence-corrected chi connectivity index (χ4v) is 4.33. The van der Waals surface area contributed by atoms with E-state index in [0.717, 1.165) is 0 Å². The highest BCUT2D eigenvalue weighted by atomic mass is 19.1. The molecule has 2 aromatic carbocycles. The smallest absolute Gasteiger partial charge is 0.410 e. The summed E-state index contributed by atoms with van der Waals surface area (Å²) in [7, 11) is 0. The lowest BCUT2D eigenvalue weighted by atomic mass is 9.72. The first-order chi connectivity index (χ1) is 16.6. The molecule has 0 aliphatic carbocycles. The van der Waals surface area contributed by atoms with Crippen LogP contribution in [0.25, 0.3) is 0 Å². The van der Waals surface area contributed by atoms with Crippen LogP contribution in [0.15, 0.2) is 48.5 Å². The zero-order valence-corrected chi connectivity index (χ0v) is 20.6. The van der Waals surface area contributed by atoms with Crippen molar-refractivity contribution >= 4 is 6.09 Å². The fraction of sp³-hybridized carbons (Fsp3) is 0.519. The van der Waals surface area contributed by atoms with Gasteiger partial charge in [0.2, 0.25) is 0 Å². The molecule has 0 saturated carbocycles. The average molecular weight is 492 g/mol. The first-order valence-corrected chi connectivity index (χ1v) is 12.0. The second-order valence-electron chi connectivity index (χ2n) is 9.69. The molecule has 0 aromatic heterocycles. The summed E-state index contributed by atoms with van der Waals surface area (Å²) in [6.45, 7) is 6.45. The lowest BCUT2D eigenvalue weighted by molar-refractivity contribution is -0.0238. The van der Waals surface area contributed by atoms with E-state index in [0.29, 0.717) is 42.8 Å². The maximum Gasteiger partial charge on any atom is 0.410 e. The van der Waals surface area contributed by atoms with Crippen molar-refractivity contribution in [3.8, 4) is 5.75 Å². The number of rotatable bonds is 9. The Bertz CT molecular complexity index is 938. The van der Waals surface area contributed by atoms with Crippen LogP contribution in [0.5, 0.6) is 5.75 Å². The number of likely N-dealkylation sites (tertiary alicyclic amines) is 1. The molecular formula is C27H35F2NO5. The van der Waals surface area contributed by atoms with Gasteiger partial charge < -0.3 is 24.2 Å². The molecule has 0 spiro atoms. The highest BCUT2D eigenvalue weighted by Gasteiger charge is 2.42. The van der Waals surface area contributed by atoms with Crippen molar-refractivity contribution in [1.82, 2.24) is 4.90 Å². The number of ether oxygens (including phenoxy) is 3. The standard InChI is InChI=1S/C27H35F2NO5/c1-26(2,3)35-25(31)30-15-12-22(13-16-30)27(32,20-4-8-23(29)9-5-20)21-6-10-24(11-7-21)34-19-18-33-17-14-28/h4-11,22,32H,12-19H2,1-3H3. The molecule has 1 unspecified atom stereocenters. The van der Waals surface area contributed by atoms with Gasteiger partial charge >= 0.3 is 6.09 Å².